The quantitative estimate of drug-likeness (QED) is 0.0262. The summed E-state index contributed by atoms with van der Waals surface area (Å²) in [4.78, 5) is 38.0. The number of unbranched alkanes of at least 4 members (excludes halogenated alkanes) is 40. The molecule has 0 rings (SSSR count). The third kappa shape index (κ3) is 51.1. The van der Waals surface area contributed by atoms with Gasteiger partial charge in [-0.3, -0.25) is 14.4 Å². The van der Waals surface area contributed by atoms with E-state index in [4.69, 9.17) is 14.2 Å². The molecule has 0 saturated carbocycles. The molecule has 378 valence electrons. The molecule has 0 heterocycles. The number of hydrogen-bond acceptors (Lipinski definition) is 6. The molecule has 0 aromatic heterocycles. The third-order valence-electron chi connectivity index (χ3n) is 13.0. The zero-order valence-electron chi connectivity index (χ0n) is 43.3. The van der Waals surface area contributed by atoms with Gasteiger partial charge in [0.05, 0.1) is 0 Å². The topological polar surface area (TPSA) is 78.9 Å². The lowest BCUT2D eigenvalue weighted by molar-refractivity contribution is -0.167. The van der Waals surface area contributed by atoms with Gasteiger partial charge in [-0.15, -0.1) is 0 Å². The minimum absolute atomic E-state index is 0.0680. The number of carbonyl (C=O) groups is 3. The van der Waals surface area contributed by atoms with E-state index < -0.39 is 6.10 Å². The minimum atomic E-state index is -0.767. The van der Waals surface area contributed by atoms with Crippen molar-refractivity contribution >= 4 is 17.9 Å². The Hall–Kier alpha value is -1.85. The first-order chi connectivity index (χ1) is 31.5. The van der Waals surface area contributed by atoms with Gasteiger partial charge in [-0.25, -0.2) is 0 Å². The number of rotatable bonds is 53. The molecule has 0 aliphatic heterocycles. The third-order valence-corrected chi connectivity index (χ3v) is 13.0. The highest BCUT2D eigenvalue weighted by Gasteiger charge is 2.19. The molecule has 1 unspecified atom stereocenters. The highest BCUT2D eigenvalue weighted by atomic mass is 16.6. The molecular formula is C58H110O6. The van der Waals surface area contributed by atoms with Crippen molar-refractivity contribution in [2.24, 2.45) is 0 Å². The van der Waals surface area contributed by atoms with E-state index >= 15 is 0 Å². The summed E-state index contributed by atoms with van der Waals surface area (Å²) in [6.07, 6.45) is 60.8. The van der Waals surface area contributed by atoms with Gasteiger partial charge >= 0.3 is 17.9 Å². The van der Waals surface area contributed by atoms with Gasteiger partial charge in [0.2, 0.25) is 0 Å². The molecule has 0 radical (unpaired) electrons. The fraction of sp³-hybridized carbons (Fsp3) is 0.914. The molecular weight excluding hydrogens is 793 g/mol. The zero-order valence-corrected chi connectivity index (χ0v) is 43.3. The van der Waals surface area contributed by atoms with Gasteiger partial charge < -0.3 is 14.2 Å². The number of ether oxygens (including phenoxy) is 3. The van der Waals surface area contributed by atoms with Crippen LogP contribution in [0.25, 0.3) is 0 Å². The molecule has 64 heavy (non-hydrogen) atoms. The second kappa shape index (κ2) is 53.8. The van der Waals surface area contributed by atoms with Crippen LogP contribution in [-0.4, -0.2) is 37.2 Å². The maximum Gasteiger partial charge on any atom is 0.306 e. The molecule has 6 nitrogen and oxygen atoms in total. The first-order valence-corrected chi connectivity index (χ1v) is 28.7. The van der Waals surface area contributed by atoms with Crippen LogP contribution in [0.1, 0.15) is 323 Å². The molecule has 0 N–H and O–H groups in total. The molecule has 0 aromatic carbocycles. The predicted octanol–water partition coefficient (Wildman–Crippen LogP) is 18.9. The molecule has 0 aromatic rings. The van der Waals surface area contributed by atoms with Gasteiger partial charge in [-0.1, -0.05) is 270 Å². The summed E-state index contributed by atoms with van der Waals surface area (Å²) in [5.41, 5.74) is 0. The van der Waals surface area contributed by atoms with Crippen molar-refractivity contribution in [3.63, 3.8) is 0 Å². The van der Waals surface area contributed by atoms with Gasteiger partial charge in [0, 0.05) is 19.3 Å². The second-order valence-electron chi connectivity index (χ2n) is 19.6. The Balaban J connectivity index is 4.13. The molecule has 0 fully saturated rings. The summed E-state index contributed by atoms with van der Waals surface area (Å²) in [6, 6.07) is 0. The number of hydrogen-bond donors (Lipinski definition) is 0. The minimum Gasteiger partial charge on any atom is -0.462 e. The highest BCUT2D eigenvalue weighted by Crippen LogP contribution is 2.17. The van der Waals surface area contributed by atoms with Crippen LogP contribution in [0.3, 0.4) is 0 Å². The first kappa shape index (κ1) is 62.1. The van der Waals surface area contributed by atoms with Crippen LogP contribution in [-0.2, 0) is 28.6 Å². The summed E-state index contributed by atoms with van der Waals surface area (Å²) in [5, 5.41) is 0. The summed E-state index contributed by atoms with van der Waals surface area (Å²) in [5.74, 6) is -0.859. The molecule has 1 atom stereocenters. The van der Waals surface area contributed by atoms with Crippen LogP contribution in [0.15, 0.2) is 12.2 Å². The number of carbonyl (C=O) groups excluding carboxylic acids is 3. The van der Waals surface area contributed by atoms with Crippen molar-refractivity contribution in [3.8, 4) is 0 Å². The first-order valence-electron chi connectivity index (χ1n) is 28.7. The van der Waals surface area contributed by atoms with Crippen LogP contribution in [0.2, 0.25) is 0 Å². The van der Waals surface area contributed by atoms with E-state index in [1.54, 1.807) is 0 Å². The van der Waals surface area contributed by atoms with Crippen molar-refractivity contribution in [2.45, 2.75) is 329 Å². The van der Waals surface area contributed by atoms with Crippen molar-refractivity contribution < 1.29 is 28.6 Å². The van der Waals surface area contributed by atoms with Crippen molar-refractivity contribution in [2.75, 3.05) is 13.2 Å². The summed E-state index contributed by atoms with van der Waals surface area (Å²) >= 11 is 0. The maximum atomic E-state index is 12.8. The van der Waals surface area contributed by atoms with Crippen LogP contribution in [0.5, 0.6) is 0 Å². The summed E-state index contributed by atoms with van der Waals surface area (Å²) in [7, 11) is 0. The SMILES string of the molecule is CCCCC/C=C\CCCCCCCC(=O)OC(COC(=O)CCCCCCCCCCCC)COC(=O)CCCCCCCCCCCCCCCCCCCCCCCCCC. The summed E-state index contributed by atoms with van der Waals surface area (Å²) in [6.45, 7) is 6.64. The van der Waals surface area contributed by atoms with Gasteiger partial charge in [-0.2, -0.15) is 0 Å². The van der Waals surface area contributed by atoms with E-state index in [-0.39, 0.29) is 31.1 Å². The number of allylic oxidation sites excluding steroid dienone is 2. The van der Waals surface area contributed by atoms with E-state index in [1.807, 2.05) is 0 Å². The highest BCUT2D eigenvalue weighted by molar-refractivity contribution is 5.71. The average Bonchev–Trinajstić information content (AvgIpc) is 3.29. The normalized spacial score (nSPS) is 12.0. The Kier molecular flexibility index (Phi) is 52.2. The molecule has 0 aliphatic carbocycles. The van der Waals surface area contributed by atoms with Crippen LogP contribution < -0.4 is 0 Å². The van der Waals surface area contributed by atoms with Crippen molar-refractivity contribution in [3.05, 3.63) is 12.2 Å². The van der Waals surface area contributed by atoms with Crippen molar-refractivity contribution in [1.29, 1.82) is 0 Å². The standard InChI is InChI=1S/C58H110O6/c1-4-7-10-13-16-19-22-24-25-26-27-28-29-30-31-32-33-34-35-37-39-42-45-48-51-57(60)63-54-55(53-62-56(59)50-47-44-41-38-21-18-15-12-9-6-3)64-58(61)52-49-46-43-40-36-23-20-17-14-11-8-5-2/h17,20,55H,4-16,18-19,21-54H2,1-3H3/b20-17-. The van der Waals surface area contributed by atoms with Crippen molar-refractivity contribution in [1.82, 2.24) is 0 Å². The van der Waals surface area contributed by atoms with Gasteiger partial charge in [0.25, 0.3) is 0 Å². The van der Waals surface area contributed by atoms with Gasteiger partial charge in [0.15, 0.2) is 6.10 Å². The Bertz CT molecular complexity index is 993. The molecule has 0 saturated heterocycles. The monoisotopic (exact) mass is 903 g/mol. The van der Waals surface area contributed by atoms with E-state index in [0.717, 1.165) is 64.2 Å². The van der Waals surface area contributed by atoms with Crippen LogP contribution in [0, 0.1) is 0 Å². The average molecular weight is 904 g/mol. The molecule has 0 amide bonds. The van der Waals surface area contributed by atoms with E-state index in [1.165, 1.54) is 218 Å². The lowest BCUT2D eigenvalue weighted by Gasteiger charge is -2.18. The van der Waals surface area contributed by atoms with E-state index in [2.05, 4.69) is 32.9 Å². The molecule has 0 bridgehead atoms. The maximum absolute atomic E-state index is 12.8. The predicted molar refractivity (Wildman–Crippen MR) is 275 cm³/mol. The Morgan fingerprint density at radius 3 is 0.812 bits per heavy atom. The molecule has 0 aliphatic rings. The van der Waals surface area contributed by atoms with Gasteiger partial charge in [0.1, 0.15) is 13.2 Å². The Labute approximate surface area is 399 Å². The van der Waals surface area contributed by atoms with Crippen LogP contribution >= 0.6 is 0 Å². The fourth-order valence-electron chi connectivity index (χ4n) is 8.68. The van der Waals surface area contributed by atoms with Gasteiger partial charge in [-0.05, 0) is 44.9 Å². The molecule has 0 spiro atoms. The lowest BCUT2D eigenvalue weighted by Crippen LogP contribution is -2.30. The lowest BCUT2D eigenvalue weighted by atomic mass is 10.0. The zero-order chi connectivity index (χ0) is 46.5. The number of esters is 3. The Morgan fingerprint density at radius 2 is 0.516 bits per heavy atom. The van der Waals surface area contributed by atoms with Crippen LogP contribution in [0.4, 0.5) is 0 Å². The fourth-order valence-corrected chi connectivity index (χ4v) is 8.68. The van der Waals surface area contributed by atoms with E-state index in [9.17, 15) is 14.4 Å². The Morgan fingerprint density at radius 1 is 0.297 bits per heavy atom. The molecule has 6 heteroatoms. The summed E-state index contributed by atoms with van der Waals surface area (Å²) < 4.78 is 16.8. The largest absolute Gasteiger partial charge is 0.462 e. The second-order valence-corrected chi connectivity index (χ2v) is 19.6. The van der Waals surface area contributed by atoms with E-state index in [0.29, 0.717) is 19.3 Å². The smallest absolute Gasteiger partial charge is 0.306 e.